The second-order valence-electron chi connectivity index (χ2n) is 4.64. The maximum atomic E-state index is 12.3. The zero-order chi connectivity index (χ0) is 16.3. The number of phenols is 1. The molecule has 0 aliphatic rings. The topological polar surface area (TPSA) is 63.6 Å². The zero-order valence-corrected chi connectivity index (χ0v) is 12.6. The van der Waals surface area contributed by atoms with Gasteiger partial charge in [-0.3, -0.25) is 4.79 Å². The Kier molecular flexibility index (Phi) is 4.63. The van der Waals surface area contributed by atoms with E-state index in [9.17, 15) is 14.7 Å². The van der Waals surface area contributed by atoms with Crippen molar-refractivity contribution in [2.24, 2.45) is 0 Å². The Morgan fingerprint density at radius 2 is 1.77 bits per heavy atom. The molecule has 0 radical (unpaired) electrons. The number of benzene rings is 2. The van der Waals surface area contributed by atoms with Crippen LogP contribution in [0.25, 0.3) is 0 Å². The van der Waals surface area contributed by atoms with Gasteiger partial charge in [-0.1, -0.05) is 48.5 Å². The molecule has 0 spiro atoms. The fourth-order valence-corrected chi connectivity index (χ4v) is 1.94. The van der Waals surface area contributed by atoms with Crippen molar-refractivity contribution in [2.75, 3.05) is 0 Å². The van der Waals surface area contributed by atoms with Crippen LogP contribution in [-0.4, -0.2) is 16.9 Å². The van der Waals surface area contributed by atoms with Crippen LogP contribution >= 0.6 is 11.6 Å². The highest BCUT2D eigenvalue weighted by molar-refractivity contribution is 6.34. The molecule has 0 atom stereocenters. The molecule has 0 aliphatic carbocycles. The van der Waals surface area contributed by atoms with Gasteiger partial charge in [0.15, 0.2) is 11.5 Å². The normalized spacial score (nSPS) is 10.1. The van der Waals surface area contributed by atoms with Crippen molar-refractivity contribution in [1.82, 2.24) is 0 Å². The lowest BCUT2D eigenvalue weighted by Gasteiger charge is -2.10. The highest BCUT2D eigenvalue weighted by Crippen LogP contribution is 2.37. The van der Waals surface area contributed by atoms with E-state index in [1.54, 1.807) is 30.3 Å². The molecule has 0 heterocycles. The Balaban J connectivity index is 2.37. The van der Waals surface area contributed by atoms with E-state index in [1.165, 1.54) is 19.1 Å². The fourth-order valence-electron chi connectivity index (χ4n) is 1.74. The van der Waals surface area contributed by atoms with Crippen LogP contribution in [0.1, 0.15) is 22.8 Å². The van der Waals surface area contributed by atoms with Gasteiger partial charge < -0.3 is 9.84 Å². The average Bonchev–Trinajstić information content (AvgIpc) is 2.52. The minimum atomic E-state index is -0.663. The first-order valence-corrected chi connectivity index (χ1v) is 6.78. The van der Waals surface area contributed by atoms with E-state index in [0.29, 0.717) is 5.56 Å². The molecule has 0 unspecified atom stereocenters. The second-order valence-corrected chi connectivity index (χ2v) is 5.02. The van der Waals surface area contributed by atoms with Crippen molar-refractivity contribution in [3.63, 3.8) is 0 Å². The average molecular weight is 317 g/mol. The van der Waals surface area contributed by atoms with Gasteiger partial charge in [-0.2, -0.15) is 0 Å². The van der Waals surface area contributed by atoms with Crippen molar-refractivity contribution in [3.05, 3.63) is 70.8 Å². The molecule has 4 nitrogen and oxygen atoms in total. The Morgan fingerprint density at radius 1 is 1.14 bits per heavy atom. The third-order valence-corrected chi connectivity index (χ3v) is 3.28. The zero-order valence-electron chi connectivity index (χ0n) is 11.8. The van der Waals surface area contributed by atoms with E-state index in [4.69, 9.17) is 16.3 Å². The number of esters is 1. The van der Waals surface area contributed by atoms with Gasteiger partial charge in [0.1, 0.15) is 10.8 Å². The van der Waals surface area contributed by atoms with Gasteiger partial charge >= 0.3 is 5.97 Å². The first-order chi connectivity index (χ1) is 10.4. The van der Waals surface area contributed by atoms with E-state index in [-0.39, 0.29) is 27.7 Å². The summed E-state index contributed by atoms with van der Waals surface area (Å²) in [7, 11) is 0. The number of rotatable bonds is 4. The molecular formula is C17H13ClO4. The highest BCUT2D eigenvalue weighted by Gasteiger charge is 2.20. The van der Waals surface area contributed by atoms with E-state index in [1.807, 2.05) is 0 Å². The van der Waals surface area contributed by atoms with Gasteiger partial charge in [-0.15, -0.1) is 0 Å². The lowest BCUT2D eigenvalue weighted by molar-refractivity contribution is -0.130. The quantitative estimate of drug-likeness (QED) is 0.404. The number of hydrogen-bond acceptors (Lipinski definition) is 4. The van der Waals surface area contributed by atoms with Crippen LogP contribution in [0.3, 0.4) is 0 Å². The summed E-state index contributed by atoms with van der Waals surface area (Å²) < 4.78 is 4.99. The minimum absolute atomic E-state index is 0.0308. The smallest absolute Gasteiger partial charge is 0.338 e. The summed E-state index contributed by atoms with van der Waals surface area (Å²) in [5.41, 5.74) is 0.645. The number of carbonyl (C=O) groups is 2. The molecule has 2 aromatic carbocycles. The van der Waals surface area contributed by atoms with Crippen LogP contribution < -0.4 is 4.74 Å². The predicted octanol–water partition coefficient (Wildman–Crippen LogP) is 3.76. The fraction of sp³-hybridized carbons (Fsp3) is 0.0588. The van der Waals surface area contributed by atoms with E-state index >= 15 is 0 Å². The molecule has 112 valence electrons. The number of hydrogen-bond donors (Lipinski definition) is 1. The maximum absolute atomic E-state index is 12.3. The minimum Gasteiger partial charge on any atom is -0.505 e. The third-order valence-electron chi connectivity index (χ3n) is 2.91. The second kappa shape index (κ2) is 6.45. The Morgan fingerprint density at radius 3 is 2.36 bits per heavy atom. The summed E-state index contributed by atoms with van der Waals surface area (Å²) in [6.45, 7) is 4.94. The highest BCUT2D eigenvalue weighted by atomic mass is 35.5. The van der Waals surface area contributed by atoms with Crippen molar-refractivity contribution < 1.29 is 19.4 Å². The maximum Gasteiger partial charge on any atom is 0.338 e. The molecule has 0 amide bonds. The molecule has 0 bridgehead atoms. The molecule has 2 rings (SSSR count). The molecule has 2 aromatic rings. The molecular weight excluding hydrogens is 304 g/mol. The lowest BCUT2D eigenvalue weighted by Crippen LogP contribution is -2.09. The Labute approximate surface area is 132 Å². The van der Waals surface area contributed by atoms with E-state index < -0.39 is 11.7 Å². The van der Waals surface area contributed by atoms with Gasteiger partial charge in [0.25, 0.3) is 0 Å². The molecule has 1 N–H and O–H groups in total. The predicted molar refractivity (Wildman–Crippen MR) is 83.4 cm³/mol. The molecule has 0 aromatic heterocycles. The largest absolute Gasteiger partial charge is 0.505 e. The lowest BCUT2D eigenvalue weighted by atomic mass is 10.0. The SMILES string of the molecule is C=C(C)C(=O)Oc1ccc(C(=O)c2ccccc2)c(O)c1Cl. The Bertz CT molecular complexity index is 751. The molecule has 0 saturated carbocycles. The van der Waals surface area contributed by atoms with E-state index in [0.717, 1.165) is 0 Å². The van der Waals surface area contributed by atoms with Crippen LogP contribution in [0.5, 0.6) is 11.5 Å². The van der Waals surface area contributed by atoms with Crippen molar-refractivity contribution in [1.29, 1.82) is 0 Å². The molecule has 22 heavy (non-hydrogen) atoms. The number of phenolic OH excluding ortho intramolecular Hbond substituents is 1. The van der Waals surface area contributed by atoms with Gasteiger partial charge in [0.2, 0.25) is 0 Å². The summed E-state index contributed by atoms with van der Waals surface area (Å²) in [5, 5.41) is 9.90. The first kappa shape index (κ1) is 15.8. The molecule has 0 aliphatic heterocycles. The summed E-state index contributed by atoms with van der Waals surface area (Å²) >= 11 is 5.97. The van der Waals surface area contributed by atoms with Crippen molar-refractivity contribution in [3.8, 4) is 11.5 Å². The van der Waals surface area contributed by atoms with E-state index in [2.05, 4.69) is 6.58 Å². The van der Waals surface area contributed by atoms with Gasteiger partial charge in [-0.25, -0.2) is 4.79 Å². The first-order valence-electron chi connectivity index (χ1n) is 6.40. The molecule has 5 heteroatoms. The standard InChI is InChI=1S/C17H13ClO4/c1-10(2)17(21)22-13-9-8-12(16(20)14(13)18)15(19)11-6-4-3-5-7-11/h3-9,20H,1H2,2H3. The van der Waals surface area contributed by atoms with Gasteiger partial charge in [0, 0.05) is 11.1 Å². The number of ketones is 1. The third kappa shape index (κ3) is 3.18. The number of ether oxygens (including phenoxy) is 1. The van der Waals surface area contributed by atoms with Crippen molar-refractivity contribution >= 4 is 23.4 Å². The summed E-state index contributed by atoms with van der Waals surface area (Å²) in [6, 6.07) is 11.2. The van der Waals surface area contributed by atoms with Crippen LogP contribution in [0.4, 0.5) is 0 Å². The van der Waals surface area contributed by atoms with Crippen molar-refractivity contribution in [2.45, 2.75) is 6.92 Å². The monoisotopic (exact) mass is 316 g/mol. The summed E-state index contributed by atoms with van der Waals surface area (Å²) in [6.07, 6.45) is 0. The van der Waals surface area contributed by atoms with Gasteiger partial charge in [0.05, 0.1) is 5.56 Å². The van der Waals surface area contributed by atoms with Crippen LogP contribution in [-0.2, 0) is 4.79 Å². The summed E-state index contributed by atoms with van der Waals surface area (Å²) in [4.78, 5) is 23.8. The number of carbonyl (C=O) groups excluding carboxylic acids is 2. The Hall–Kier alpha value is -2.59. The molecule has 0 saturated heterocycles. The number of aromatic hydroxyl groups is 1. The molecule has 0 fully saturated rings. The van der Waals surface area contributed by atoms with Crippen LogP contribution in [0, 0.1) is 0 Å². The van der Waals surface area contributed by atoms with Gasteiger partial charge in [-0.05, 0) is 19.1 Å². The van der Waals surface area contributed by atoms with Crippen LogP contribution in [0.15, 0.2) is 54.6 Å². The summed E-state index contributed by atoms with van der Waals surface area (Å²) in [5.74, 6) is -1.50. The number of halogens is 1. The van der Waals surface area contributed by atoms with Crippen LogP contribution in [0.2, 0.25) is 5.02 Å².